The van der Waals surface area contributed by atoms with Gasteiger partial charge < -0.3 is 10.1 Å². The number of carbonyl (C=O) groups is 2. The molecular formula is C29H35N3O3S. The van der Waals surface area contributed by atoms with Gasteiger partial charge >= 0.3 is 5.97 Å². The van der Waals surface area contributed by atoms with Crippen molar-refractivity contribution in [3.05, 3.63) is 64.0 Å². The molecule has 1 aromatic heterocycles. The number of nitrogens with one attached hydrogen (secondary N) is 1. The molecule has 1 N–H and O–H groups in total. The van der Waals surface area contributed by atoms with Crippen LogP contribution < -0.4 is 5.32 Å². The number of piperazine rings is 1. The Labute approximate surface area is 217 Å². The van der Waals surface area contributed by atoms with Gasteiger partial charge in [0.05, 0.1) is 18.7 Å². The fourth-order valence-corrected chi connectivity index (χ4v) is 6.69. The molecule has 2 heterocycles. The lowest BCUT2D eigenvalue weighted by Gasteiger charge is -2.34. The fourth-order valence-electron chi connectivity index (χ4n) is 5.40. The number of nitrogens with zero attached hydrogens (tertiary/aromatic N) is 2. The van der Waals surface area contributed by atoms with Crippen LogP contribution in [0.2, 0.25) is 0 Å². The summed E-state index contributed by atoms with van der Waals surface area (Å²) in [6, 6.07) is 15.0. The summed E-state index contributed by atoms with van der Waals surface area (Å²) in [6.45, 7) is 6.97. The normalized spacial score (nSPS) is 16.9. The first-order chi connectivity index (χ1) is 17.6. The van der Waals surface area contributed by atoms with Gasteiger partial charge in [0.2, 0.25) is 5.91 Å². The molecule has 6 nitrogen and oxygen atoms in total. The molecule has 1 aliphatic carbocycles. The number of amides is 1. The first kappa shape index (κ1) is 24.9. The van der Waals surface area contributed by atoms with Crippen molar-refractivity contribution in [3.63, 3.8) is 0 Å². The number of rotatable bonds is 7. The largest absolute Gasteiger partial charge is 0.462 e. The van der Waals surface area contributed by atoms with Crippen molar-refractivity contribution in [1.29, 1.82) is 0 Å². The van der Waals surface area contributed by atoms with Crippen LogP contribution in [0.25, 0.3) is 10.8 Å². The van der Waals surface area contributed by atoms with E-state index in [1.54, 1.807) is 11.3 Å². The van der Waals surface area contributed by atoms with E-state index in [0.717, 1.165) is 64.0 Å². The minimum Gasteiger partial charge on any atom is -0.462 e. The van der Waals surface area contributed by atoms with Crippen LogP contribution in [-0.4, -0.2) is 61.0 Å². The monoisotopic (exact) mass is 505 g/mol. The highest BCUT2D eigenvalue weighted by atomic mass is 32.1. The minimum absolute atomic E-state index is 0.0561. The van der Waals surface area contributed by atoms with Gasteiger partial charge in [-0.05, 0) is 54.5 Å². The molecule has 0 atom stereocenters. The molecular weight excluding hydrogens is 470 g/mol. The van der Waals surface area contributed by atoms with Crippen molar-refractivity contribution < 1.29 is 14.3 Å². The second-order valence-corrected chi connectivity index (χ2v) is 10.8. The molecule has 1 saturated heterocycles. The second-order valence-electron chi connectivity index (χ2n) is 9.73. The molecule has 0 saturated carbocycles. The predicted octanol–water partition coefficient (Wildman–Crippen LogP) is 5.10. The van der Waals surface area contributed by atoms with Crippen molar-refractivity contribution >= 4 is 39.0 Å². The summed E-state index contributed by atoms with van der Waals surface area (Å²) in [6.07, 6.45) is 5.24. The summed E-state index contributed by atoms with van der Waals surface area (Å²) in [5, 5.41) is 6.33. The Balaban J connectivity index is 1.19. The van der Waals surface area contributed by atoms with E-state index in [4.69, 9.17) is 4.74 Å². The maximum Gasteiger partial charge on any atom is 0.341 e. The molecule has 190 valence electrons. The molecule has 36 heavy (non-hydrogen) atoms. The van der Waals surface area contributed by atoms with Crippen LogP contribution in [0.1, 0.15) is 52.5 Å². The first-order valence-corrected chi connectivity index (χ1v) is 14.0. The smallest absolute Gasteiger partial charge is 0.341 e. The quantitative estimate of drug-likeness (QED) is 0.357. The topological polar surface area (TPSA) is 61.9 Å². The van der Waals surface area contributed by atoms with Gasteiger partial charge in [-0.25, -0.2) is 4.79 Å². The third-order valence-corrected chi connectivity index (χ3v) is 8.47. The fraction of sp³-hybridized carbons (Fsp3) is 0.448. The van der Waals surface area contributed by atoms with E-state index < -0.39 is 0 Å². The first-order valence-electron chi connectivity index (χ1n) is 13.1. The Morgan fingerprint density at radius 2 is 1.69 bits per heavy atom. The molecule has 2 aliphatic rings. The number of carbonyl (C=O) groups excluding carboxylic acids is 2. The van der Waals surface area contributed by atoms with Gasteiger partial charge in [0.15, 0.2) is 0 Å². The van der Waals surface area contributed by atoms with Crippen LogP contribution in [0.4, 0.5) is 5.00 Å². The van der Waals surface area contributed by atoms with Crippen molar-refractivity contribution in [3.8, 4) is 0 Å². The minimum atomic E-state index is -0.311. The summed E-state index contributed by atoms with van der Waals surface area (Å²) in [5.41, 5.74) is 3.03. The van der Waals surface area contributed by atoms with Crippen molar-refractivity contribution in [2.24, 2.45) is 0 Å². The van der Waals surface area contributed by atoms with Crippen molar-refractivity contribution in [1.82, 2.24) is 9.80 Å². The van der Waals surface area contributed by atoms with Crippen LogP contribution in [0, 0.1) is 0 Å². The molecule has 3 aromatic rings. The lowest BCUT2D eigenvalue weighted by molar-refractivity contribution is -0.117. The number of hydrogen-bond donors (Lipinski definition) is 1. The zero-order chi connectivity index (χ0) is 24.9. The van der Waals surface area contributed by atoms with E-state index in [1.165, 1.54) is 27.6 Å². The number of ether oxygens (including phenoxy) is 1. The van der Waals surface area contributed by atoms with Gasteiger partial charge in [-0.3, -0.25) is 14.6 Å². The summed E-state index contributed by atoms with van der Waals surface area (Å²) in [5.74, 6) is -0.367. The molecule has 0 bridgehead atoms. The van der Waals surface area contributed by atoms with E-state index >= 15 is 0 Å². The third-order valence-electron chi connectivity index (χ3n) is 7.26. The van der Waals surface area contributed by atoms with E-state index in [0.29, 0.717) is 23.7 Å². The van der Waals surface area contributed by atoms with E-state index in [2.05, 4.69) is 57.6 Å². The predicted molar refractivity (Wildman–Crippen MR) is 146 cm³/mol. The molecule has 0 radical (unpaired) electrons. The van der Waals surface area contributed by atoms with Gasteiger partial charge in [-0.2, -0.15) is 0 Å². The highest BCUT2D eigenvalue weighted by Crippen LogP contribution is 2.38. The molecule has 5 rings (SSSR count). The number of thiophene rings is 1. The van der Waals surface area contributed by atoms with Crippen LogP contribution in [0.3, 0.4) is 0 Å². The highest BCUT2D eigenvalue weighted by Gasteiger charge is 2.27. The van der Waals surface area contributed by atoms with Gasteiger partial charge in [-0.15, -0.1) is 11.3 Å². The Bertz CT molecular complexity index is 1220. The van der Waals surface area contributed by atoms with Crippen LogP contribution in [0.15, 0.2) is 42.5 Å². The van der Waals surface area contributed by atoms with Gasteiger partial charge in [-0.1, -0.05) is 48.9 Å². The lowest BCUT2D eigenvalue weighted by atomic mass is 10.0. The lowest BCUT2D eigenvalue weighted by Crippen LogP contribution is -2.48. The van der Waals surface area contributed by atoms with Gasteiger partial charge in [0.25, 0.3) is 0 Å². The number of fused-ring (bicyclic) bond motifs is 2. The molecule has 2 aromatic carbocycles. The van der Waals surface area contributed by atoms with Crippen LogP contribution >= 0.6 is 11.3 Å². The number of anilines is 1. The Morgan fingerprint density at radius 1 is 0.944 bits per heavy atom. The van der Waals surface area contributed by atoms with E-state index in [1.807, 2.05) is 6.92 Å². The summed E-state index contributed by atoms with van der Waals surface area (Å²) in [4.78, 5) is 31.7. The maximum atomic E-state index is 13.0. The number of esters is 1. The molecule has 1 aliphatic heterocycles. The van der Waals surface area contributed by atoms with E-state index in [9.17, 15) is 9.59 Å². The van der Waals surface area contributed by atoms with Gasteiger partial charge in [0, 0.05) is 37.6 Å². The second kappa shape index (κ2) is 11.5. The average molecular weight is 506 g/mol. The zero-order valence-electron chi connectivity index (χ0n) is 21.1. The standard InChI is InChI=1S/C29H35N3O3S/c1-2-35-29(34)27-24-13-4-3-5-14-25(24)36-28(27)30-26(33)20-32-17-15-31(16-18-32)19-22-11-8-10-21-9-6-7-12-23(21)22/h6-12H,2-5,13-20H2,1H3,(H,30,33). The summed E-state index contributed by atoms with van der Waals surface area (Å²) in [7, 11) is 0. The third kappa shape index (κ3) is 5.64. The zero-order valence-corrected chi connectivity index (χ0v) is 21.9. The molecule has 7 heteroatoms. The Kier molecular flexibility index (Phi) is 7.99. The Morgan fingerprint density at radius 3 is 2.53 bits per heavy atom. The van der Waals surface area contributed by atoms with Crippen LogP contribution in [-0.2, 0) is 28.9 Å². The number of hydrogen-bond acceptors (Lipinski definition) is 6. The number of benzene rings is 2. The van der Waals surface area contributed by atoms with E-state index in [-0.39, 0.29) is 11.9 Å². The number of aryl methyl sites for hydroxylation is 1. The SMILES string of the molecule is CCOC(=O)c1c(NC(=O)CN2CCN(Cc3cccc4ccccc34)CC2)sc2c1CCCCC2. The summed E-state index contributed by atoms with van der Waals surface area (Å²) >= 11 is 1.56. The molecule has 0 unspecified atom stereocenters. The average Bonchev–Trinajstić information content (AvgIpc) is 3.05. The molecule has 1 amide bonds. The van der Waals surface area contributed by atoms with Crippen molar-refractivity contribution in [2.75, 3.05) is 44.6 Å². The van der Waals surface area contributed by atoms with Crippen LogP contribution in [0.5, 0.6) is 0 Å². The van der Waals surface area contributed by atoms with Crippen molar-refractivity contribution in [2.45, 2.75) is 45.6 Å². The molecule has 1 fully saturated rings. The Hall–Kier alpha value is -2.74. The van der Waals surface area contributed by atoms with Gasteiger partial charge in [0.1, 0.15) is 5.00 Å². The highest BCUT2D eigenvalue weighted by molar-refractivity contribution is 7.17. The molecule has 0 spiro atoms. The maximum absolute atomic E-state index is 13.0. The summed E-state index contributed by atoms with van der Waals surface area (Å²) < 4.78 is 5.35.